The fraction of sp³-hybridized carbons (Fsp3) is 0.200. The van der Waals surface area contributed by atoms with Crippen LogP contribution in [0.2, 0.25) is 0 Å². The second kappa shape index (κ2) is 2.15. The lowest BCUT2D eigenvalue weighted by atomic mass is 10.4. The molecule has 0 amide bonds. The number of hydrogen-bond acceptors (Lipinski definition) is 4. The first kappa shape index (κ1) is 7.39. The maximum atomic E-state index is 10.9. The number of rotatable bonds is 0. The summed E-state index contributed by atoms with van der Waals surface area (Å²) >= 11 is 0. The van der Waals surface area contributed by atoms with Crippen LogP contribution in [0, 0.1) is 6.92 Å². The van der Waals surface area contributed by atoms with Crippen molar-refractivity contribution in [1.82, 2.24) is 9.35 Å². The average Bonchev–Trinajstić information content (AvgIpc) is 1.97. The molecule has 1 aromatic rings. The van der Waals surface area contributed by atoms with Gasteiger partial charge in [0.25, 0.3) is 5.56 Å². The molecule has 6 heteroatoms. The molecule has 1 heterocycles. The smallest absolute Gasteiger partial charge is 0.335 e. The molecule has 4 N–H and O–H groups in total. The number of nitrogen functional groups attached to an aromatic ring is 2. The van der Waals surface area contributed by atoms with Gasteiger partial charge in [0.2, 0.25) is 0 Å². The Morgan fingerprint density at radius 1 is 1.27 bits per heavy atom. The van der Waals surface area contributed by atoms with Crippen LogP contribution in [0.15, 0.2) is 15.7 Å². The molecule has 0 saturated carbocycles. The zero-order valence-electron chi connectivity index (χ0n) is 5.94. The predicted molar refractivity (Wildman–Crippen MR) is 40.0 cm³/mol. The third-order valence-electron chi connectivity index (χ3n) is 1.36. The van der Waals surface area contributed by atoms with E-state index in [9.17, 15) is 9.59 Å². The van der Waals surface area contributed by atoms with Gasteiger partial charge in [0.05, 0.1) is 0 Å². The summed E-state index contributed by atoms with van der Waals surface area (Å²) in [7, 11) is 0. The second-order valence-electron chi connectivity index (χ2n) is 2.15. The monoisotopic (exact) mass is 156 g/mol. The van der Waals surface area contributed by atoms with Gasteiger partial charge in [0.15, 0.2) is 0 Å². The van der Waals surface area contributed by atoms with Crippen LogP contribution in [0.25, 0.3) is 0 Å². The van der Waals surface area contributed by atoms with Gasteiger partial charge < -0.3 is 11.7 Å². The number of hydrogen-bond donors (Lipinski definition) is 2. The topological polar surface area (TPSA) is 96.0 Å². The summed E-state index contributed by atoms with van der Waals surface area (Å²) in [5.41, 5.74) is -0.911. The molecule has 11 heavy (non-hydrogen) atoms. The Morgan fingerprint density at radius 2 is 1.82 bits per heavy atom. The van der Waals surface area contributed by atoms with Gasteiger partial charge in [-0.3, -0.25) is 4.79 Å². The van der Waals surface area contributed by atoms with Crippen molar-refractivity contribution in [2.24, 2.45) is 0 Å². The molecule has 0 aliphatic carbocycles. The van der Waals surface area contributed by atoms with Crippen LogP contribution >= 0.6 is 0 Å². The molecule has 1 aromatic heterocycles. The van der Waals surface area contributed by atoms with Crippen LogP contribution in [0.4, 0.5) is 0 Å². The van der Waals surface area contributed by atoms with Gasteiger partial charge >= 0.3 is 5.69 Å². The summed E-state index contributed by atoms with van der Waals surface area (Å²) in [4.78, 5) is 21.7. The molecule has 0 saturated heterocycles. The van der Waals surface area contributed by atoms with E-state index in [0.29, 0.717) is 10.4 Å². The van der Waals surface area contributed by atoms with Crippen molar-refractivity contribution < 1.29 is 0 Å². The highest BCUT2D eigenvalue weighted by Gasteiger charge is 2.01. The van der Waals surface area contributed by atoms with Gasteiger partial charge in [-0.15, -0.1) is 0 Å². The zero-order valence-corrected chi connectivity index (χ0v) is 5.94. The Balaban J connectivity index is 3.74. The Morgan fingerprint density at radius 3 is 2.36 bits per heavy atom. The fourth-order valence-electron chi connectivity index (χ4n) is 0.679. The lowest BCUT2D eigenvalue weighted by Gasteiger charge is -2.02. The van der Waals surface area contributed by atoms with Crippen molar-refractivity contribution >= 4 is 0 Å². The van der Waals surface area contributed by atoms with E-state index in [1.54, 1.807) is 6.92 Å². The summed E-state index contributed by atoms with van der Waals surface area (Å²) in [6, 6.07) is 1.18. The molecule has 0 atom stereocenters. The fourth-order valence-corrected chi connectivity index (χ4v) is 0.679. The number of aromatic nitrogens is 2. The first-order valence-electron chi connectivity index (χ1n) is 2.90. The minimum absolute atomic E-state index is 0.377. The van der Waals surface area contributed by atoms with Gasteiger partial charge in [-0.25, -0.2) is 9.47 Å². The minimum atomic E-state index is -0.727. The molecule has 6 nitrogen and oxygen atoms in total. The normalized spacial score (nSPS) is 9.91. The second-order valence-corrected chi connectivity index (χ2v) is 2.15. The lowest BCUT2D eigenvalue weighted by molar-refractivity contribution is 0.728. The standard InChI is InChI=1S/C5H8N4O2/c1-3-2-4(10)9(7)5(11)8(3)6/h2H,6-7H2,1H3. The van der Waals surface area contributed by atoms with E-state index in [0.717, 1.165) is 4.68 Å². The number of nitrogens with zero attached hydrogens (tertiary/aromatic N) is 2. The molecule has 0 aliphatic rings. The average molecular weight is 156 g/mol. The highest BCUT2D eigenvalue weighted by atomic mass is 16.2. The summed E-state index contributed by atoms with van der Waals surface area (Å²) < 4.78 is 1.26. The van der Waals surface area contributed by atoms with Crippen LogP contribution in [0.1, 0.15) is 5.69 Å². The molecule has 0 aliphatic heterocycles. The maximum Gasteiger partial charge on any atom is 0.368 e. The van der Waals surface area contributed by atoms with Crippen molar-refractivity contribution in [3.8, 4) is 0 Å². The van der Waals surface area contributed by atoms with Crippen LogP contribution < -0.4 is 22.9 Å². The predicted octanol–water partition coefficient (Wildman–Crippen LogP) is -2.25. The molecular weight excluding hydrogens is 148 g/mol. The van der Waals surface area contributed by atoms with E-state index in [-0.39, 0.29) is 0 Å². The summed E-state index contributed by atoms with van der Waals surface area (Å²) in [6.07, 6.45) is 0. The van der Waals surface area contributed by atoms with E-state index in [1.165, 1.54) is 6.07 Å². The van der Waals surface area contributed by atoms with E-state index in [4.69, 9.17) is 11.7 Å². The molecule has 0 fully saturated rings. The van der Waals surface area contributed by atoms with E-state index < -0.39 is 11.2 Å². The number of aryl methyl sites for hydroxylation is 1. The zero-order chi connectivity index (χ0) is 8.59. The van der Waals surface area contributed by atoms with E-state index in [2.05, 4.69) is 0 Å². The van der Waals surface area contributed by atoms with E-state index in [1.807, 2.05) is 0 Å². The summed E-state index contributed by atoms with van der Waals surface area (Å²) in [5.74, 6) is 10.3. The largest absolute Gasteiger partial charge is 0.368 e. The van der Waals surface area contributed by atoms with Gasteiger partial charge in [0.1, 0.15) is 0 Å². The lowest BCUT2D eigenvalue weighted by Crippen LogP contribution is -2.47. The van der Waals surface area contributed by atoms with Gasteiger partial charge in [-0.2, -0.15) is 4.68 Å². The van der Waals surface area contributed by atoms with Gasteiger partial charge in [0, 0.05) is 11.8 Å². The van der Waals surface area contributed by atoms with Crippen molar-refractivity contribution in [3.63, 3.8) is 0 Å². The molecule has 60 valence electrons. The summed E-state index contributed by atoms with van der Waals surface area (Å²) in [5, 5.41) is 0. The SMILES string of the molecule is Cc1cc(=O)n(N)c(=O)n1N. The van der Waals surface area contributed by atoms with Crippen LogP contribution in [-0.4, -0.2) is 9.35 Å². The van der Waals surface area contributed by atoms with Crippen LogP contribution in [0.3, 0.4) is 0 Å². The Bertz CT molecular complexity index is 388. The highest BCUT2D eigenvalue weighted by molar-refractivity contribution is 4.99. The Labute approximate surface area is 61.6 Å². The Hall–Kier alpha value is -1.72. The summed E-state index contributed by atoms with van der Waals surface area (Å²) in [6.45, 7) is 1.54. The first-order chi connectivity index (χ1) is 5.04. The van der Waals surface area contributed by atoms with Crippen LogP contribution in [0.5, 0.6) is 0 Å². The van der Waals surface area contributed by atoms with Gasteiger partial charge in [-0.1, -0.05) is 0 Å². The quantitative estimate of drug-likeness (QED) is 0.414. The third kappa shape index (κ3) is 0.977. The third-order valence-corrected chi connectivity index (χ3v) is 1.36. The molecule has 0 bridgehead atoms. The van der Waals surface area contributed by atoms with Crippen molar-refractivity contribution in [1.29, 1.82) is 0 Å². The number of nitrogens with two attached hydrogens (primary N) is 2. The van der Waals surface area contributed by atoms with E-state index >= 15 is 0 Å². The molecule has 0 aromatic carbocycles. The molecular formula is C5H8N4O2. The Kier molecular flexibility index (Phi) is 1.45. The minimum Gasteiger partial charge on any atom is -0.335 e. The molecule has 1 rings (SSSR count). The molecule has 0 unspecified atom stereocenters. The molecule has 0 spiro atoms. The first-order valence-corrected chi connectivity index (χ1v) is 2.90. The molecule has 0 radical (unpaired) electrons. The van der Waals surface area contributed by atoms with Gasteiger partial charge in [-0.05, 0) is 6.92 Å². The van der Waals surface area contributed by atoms with Crippen molar-refractivity contribution in [2.45, 2.75) is 6.92 Å². The van der Waals surface area contributed by atoms with Crippen molar-refractivity contribution in [2.75, 3.05) is 11.7 Å². The maximum absolute atomic E-state index is 10.9. The highest BCUT2D eigenvalue weighted by Crippen LogP contribution is 1.79. The van der Waals surface area contributed by atoms with Crippen molar-refractivity contribution in [3.05, 3.63) is 32.6 Å². The van der Waals surface area contributed by atoms with Crippen LogP contribution in [-0.2, 0) is 0 Å².